The molecule has 0 unspecified atom stereocenters. The maximum absolute atomic E-state index is 13.1. The van der Waals surface area contributed by atoms with Gasteiger partial charge in [-0.2, -0.15) is 8.42 Å². The molecule has 0 aliphatic heterocycles. The average molecular weight is 300 g/mol. The van der Waals surface area contributed by atoms with Crippen molar-refractivity contribution in [3.63, 3.8) is 0 Å². The first-order chi connectivity index (χ1) is 9.35. The lowest BCUT2D eigenvalue weighted by Crippen LogP contribution is -2.18. The molecular weight excluding hydrogens is 287 g/mol. The quantitative estimate of drug-likeness (QED) is 0.876. The lowest BCUT2D eigenvalue weighted by molar-refractivity contribution is 0.413. The van der Waals surface area contributed by atoms with Crippen molar-refractivity contribution in [2.24, 2.45) is 7.05 Å². The van der Waals surface area contributed by atoms with Crippen molar-refractivity contribution < 1.29 is 17.5 Å². The molecule has 0 amide bonds. The van der Waals surface area contributed by atoms with E-state index in [1.165, 1.54) is 31.1 Å². The molecule has 0 fully saturated rings. The number of nitrogens with zero attached hydrogens (tertiary/aromatic N) is 2. The Morgan fingerprint density at radius 1 is 1.45 bits per heavy atom. The first kappa shape index (κ1) is 14.1. The Bertz CT molecular complexity index is 723. The summed E-state index contributed by atoms with van der Waals surface area (Å²) in [6, 6.07) is 3.45. The van der Waals surface area contributed by atoms with Crippen LogP contribution in [0, 0.1) is 5.82 Å². The minimum absolute atomic E-state index is 0.0642. The highest BCUT2D eigenvalue weighted by atomic mass is 32.2. The van der Waals surface area contributed by atoms with E-state index in [4.69, 9.17) is 10.5 Å². The fourth-order valence-corrected chi connectivity index (χ4v) is 3.02. The maximum atomic E-state index is 13.1. The molecule has 0 spiro atoms. The van der Waals surface area contributed by atoms with Gasteiger partial charge in [0.1, 0.15) is 11.6 Å². The summed E-state index contributed by atoms with van der Waals surface area (Å²) in [5, 5.41) is -0.177. The predicted octanol–water partition coefficient (Wildman–Crippen LogP) is 0.951. The number of hydrogen-bond donors (Lipinski definition) is 2. The zero-order valence-corrected chi connectivity index (χ0v) is 11.6. The molecule has 1 heterocycles. The summed E-state index contributed by atoms with van der Waals surface area (Å²) < 4.78 is 46.1. The molecule has 20 heavy (non-hydrogen) atoms. The van der Waals surface area contributed by atoms with Crippen molar-refractivity contribution >= 4 is 21.5 Å². The number of aryl methyl sites for hydroxylation is 1. The fourth-order valence-electron chi connectivity index (χ4n) is 1.71. The van der Waals surface area contributed by atoms with E-state index < -0.39 is 15.8 Å². The largest absolute Gasteiger partial charge is 0.494 e. The lowest BCUT2D eigenvalue weighted by Gasteiger charge is -2.12. The third kappa shape index (κ3) is 2.52. The molecule has 0 saturated heterocycles. The van der Waals surface area contributed by atoms with Crippen molar-refractivity contribution in [1.29, 1.82) is 0 Å². The minimum Gasteiger partial charge on any atom is -0.494 e. The van der Waals surface area contributed by atoms with Crippen LogP contribution in [0.15, 0.2) is 29.6 Å². The molecule has 0 bridgehead atoms. The van der Waals surface area contributed by atoms with Crippen LogP contribution >= 0.6 is 0 Å². The monoisotopic (exact) mass is 300 g/mol. The van der Waals surface area contributed by atoms with E-state index in [0.717, 1.165) is 12.1 Å². The Labute approximate surface area is 115 Å². The second-order valence-corrected chi connectivity index (χ2v) is 5.59. The highest BCUT2D eigenvalue weighted by molar-refractivity contribution is 7.92. The van der Waals surface area contributed by atoms with E-state index in [1.54, 1.807) is 0 Å². The molecule has 2 rings (SSSR count). The highest BCUT2D eigenvalue weighted by Gasteiger charge is 2.23. The van der Waals surface area contributed by atoms with E-state index in [9.17, 15) is 12.8 Å². The van der Waals surface area contributed by atoms with Crippen LogP contribution in [0.3, 0.4) is 0 Å². The lowest BCUT2D eigenvalue weighted by atomic mass is 10.3. The van der Waals surface area contributed by atoms with Gasteiger partial charge in [0.15, 0.2) is 10.8 Å². The van der Waals surface area contributed by atoms with Crippen LogP contribution in [0.25, 0.3) is 0 Å². The van der Waals surface area contributed by atoms with Gasteiger partial charge in [-0.1, -0.05) is 0 Å². The minimum atomic E-state index is -3.95. The van der Waals surface area contributed by atoms with Gasteiger partial charge in [0.05, 0.1) is 19.1 Å². The molecular formula is C11H13FN4O3S. The third-order valence-corrected chi connectivity index (χ3v) is 4.07. The van der Waals surface area contributed by atoms with Crippen LogP contribution < -0.4 is 15.2 Å². The third-order valence-electron chi connectivity index (χ3n) is 2.57. The Balaban J connectivity index is 2.44. The number of nitrogens with one attached hydrogen (secondary N) is 1. The van der Waals surface area contributed by atoms with Crippen molar-refractivity contribution in [3.05, 3.63) is 30.3 Å². The van der Waals surface area contributed by atoms with E-state index in [0.29, 0.717) is 0 Å². The SMILES string of the molecule is COc1cc(F)ccc1NS(=O)(=O)c1c(N)ncn1C. The molecule has 7 nitrogen and oxygen atoms in total. The van der Waals surface area contributed by atoms with E-state index >= 15 is 0 Å². The van der Waals surface area contributed by atoms with Crippen LogP contribution in [-0.2, 0) is 17.1 Å². The molecule has 0 atom stereocenters. The summed E-state index contributed by atoms with van der Waals surface area (Å²) in [4.78, 5) is 3.71. The number of nitrogens with two attached hydrogens (primary N) is 1. The Hall–Kier alpha value is -2.29. The number of aromatic nitrogens is 2. The number of methoxy groups -OCH3 is 1. The van der Waals surface area contributed by atoms with Crippen molar-refractivity contribution in [1.82, 2.24) is 9.55 Å². The summed E-state index contributed by atoms with van der Waals surface area (Å²) in [5.74, 6) is -0.597. The number of benzene rings is 1. The van der Waals surface area contributed by atoms with Crippen LogP contribution in [0.2, 0.25) is 0 Å². The second kappa shape index (κ2) is 5.00. The number of nitrogen functional groups attached to an aromatic ring is 1. The number of imidazole rings is 1. The van der Waals surface area contributed by atoms with Gasteiger partial charge < -0.3 is 15.0 Å². The van der Waals surface area contributed by atoms with Crippen LogP contribution in [0.1, 0.15) is 0 Å². The molecule has 1 aromatic carbocycles. The number of halogens is 1. The highest BCUT2D eigenvalue weighted by Crippen LogP contribution is 2.28. The van der Waals surface area contributed by atoms with Crippen LogP contribution in [0.4, 0.5) is 15.9 Å². The van der Waals surface area contributed by atoms with Gasteiger partial charge >= 0.3 is 0 Å². The summed E-state index contributed by atoms with van der Waals surface area (Å²) in [6.07, 6.45) is 1.28. The van der Waals surface area contributed by atoms with Gasteiger partial charge in [0, 0.05) is 13.1 Å². The van der Waals surface area contributed by atoms with Crippen molar-refractivity contribution in [2.75, 3.05) is 17.6 Å². The molecule has 0 radical (unpaired) electrons. The zero-order chi connectivity index (χ0) is 14.9. The average Bonchev–Trinajstić information content (AvgIpc) is 2.71. The molecule has 2 aromatic rings. The van der Waals surface area contributed by atoms with Gasteiger partial charge in [0.2, 0.25) is 0 Å². The summed E-state index contributed by atoms with van der Waals surface area (Å²) in [5.41, 5.74) is 5.64. The van der Waals surface area contributed by atoms with E-state index in [-0.39, 0.29) is 22.3 Å². The first-order valence-electron chi connectivity index (χ1n) is 5.48. The summed E-state index contributed by atoms with van der Waals surface area (Å²) >= 11 is 0. The fraction of sp³-hybridized carbons (Fsp3) is 0.182. The molecule has 0 saturated carbocycles. The molecule has 0 aliphatic carbocycles. The maximum Gasteiger partial charge on any atom is 0.281 e. The van der Waals surface area contributed by atoms with Gasteiger partial charge in [-0.05, 0) is 12.1 Å². The van der Waals surface area contributed by atoms with Crippen molar-refractivity contribution in [2.45, 2.75) is 5.03 Å². The summed E-state index contributed by atoms with van der Waals surface area (Å²) in [6.45, 7) is 0. The van der Waals surface area contributed by atoms with Crippen LogP contribution in [0.5, 0.6) is 5.75 Å². The van der Waals surface area contributed by atoms with Gasteiger partial charge in [-0.3, -0.25) is 4.72 Å². The molecule has 1 aromatic heterocycles. The van der Waals surface area contributed by atoms with Crippen molar-refractivity contribution in [3.8, 4) is 5.75 Å². The standard InChI is InChI=1S/C11H13FN4O3S/c1-16-6-14-10(13)11(16)20(17,18)15-8-4-3-7(12)5-9(8)19-2/h3-6,15H,13H2,1-2H3. The number of ether oxygens (including phenoxy) is 1. The Morgan fingerprint density at radius 3 is 2.70 bits per heavy atom. The smallest absolute Gasteiger partial charge is 0.281 e. The number of rotatable bonds is 4. The van der Waals surface area contributed by atoms with E-state index in [2.05, 4.69) is 9.71 Å². The molecule has 108 valence electrons. The number of sulfonamides is 1. The molecule has 0 aliphatic rings. The Kier molecular flexibility index (Phi) is 3.53. The first-order valence-corrected chi connectivity index (χ1v) is 6.96. The number of anilines is 2. The van der Waals surface area contributed by atoms with E-state index in [1.807, 2.05) is 0 Å². The van der Waals surface area contributed by atoms with Crippen LogP contribution in [-0.4, -0.2) is 25.1 Å². The molecule has 9 heteroatoms. The predicted molar refractivity (Wildman–Crippen MR) is 71.4 cm³/mol. The zero-order valence-electron chi connectivity index (χ0n) is 10.8. The van der Waals surface area contributed by atoms with Gasteiger partial charge in [-0.25, -0.2) is 9.37 Å². The number of hydrogen-bond acceptors (Lipinski definition) is 5. The normalized spacial score (nSPS) is 11.3. The second-order valence-electron chi connectivity index (χ2n) is 4.00. The topological polar surface area (TPSA) is 99.2 Å². The van der Waals surface area contributed by atoms with Gasteiger partial charge in [-0.15, -0.1) is 0 Å². The summed E-state index contributed by atoms with van der Waals surface area (Å²) in [7, 11) is -1.14. The molecule has 3 N–H and O–H groups in total. The Morgan fingerprint density at radius 2 is 2.15 bits per heavy atom. The van der Waals surface area contributed by atoms with Gasteiger partial charge in [0.25, 0.3) is 10.0 Å².